The van der Waals surface area contributed by atoms with Crippen molar-refractivity contribution >= 4 is 17.4 Å². The Labute approximate surface area is 179 Å². The number of aromatic nitrogens is 4. The number of alkyl halides is 3. The zero-order valence-electron chi connectivity index (χ0n) is 16.7. The fourth-order valence-corrected chi connectivity index (χ4v) is 3.72. The Bertz CT molecular complexity index is 1250. The van der Waals surface area contributed by atoms with Gasteiger partial charge in [-0.05, 0) is 24.3 Å². The Morgan fingerprint density at radius 3 is 2.53 bits per heavy atom. The average Bonchev–Trinajstić information content (AvgIpc) is 3.48. The lowest BCUT2D eigenvalue weighted by molar-refractivity contribution is -0.364. The third-order valence-corrected chi connectivity index (χ3v) is 5.31. The molecule has 1 N–H and O–H groups in total. The Hall–Kier alpha value is -3.89. The smallest absolute Gasteiger partial charge is 0.433 e. The van der Waals surface area contributed by atoms with Crippen molar-refractivity contribution in [3.8, 4) is 11.5 Å². The summed E-state index contributed by atoms with van der Waals surface area (Å²) in [4.78, 5) is 24.0. The van der Waals surface area contributed by atoms with Crippen molar-refractivity contribution in [2.75, 3.05) is 31.1 Å². The summed E-state index contributed by atoms with van der Waals surface area (Å²) >= 11 is 0. The molecular formula is C21H18F3N6O2+. The first-order chi connectivity index (χ1) is 15.4. The summed E-state index contributed by atoms with van der Waals surface area (Å²) in [6.07, 6.45) is -1.51. The number of pyridine rings is 1. The van der Waals surface area contributed by atoms with E-state index >= 15 is 0 Å². The summed E-state index contributed by atoms with van der Waals surface area (Å²) in [6, 6.07) is 11.0. The van der Waals surface area contributed by atoms with E-state index in [1.165, 1.54) is 18.4 Å². The van der Waals surface area contributed by atoms with Gasteiger partial charge in [-0.2, -0.15) is 18.3 Å². The molecule has 0 aromatic carbocycles. The van der Waals surface area contributed by atoms with E-state index < -0.39 is 17.8 Å². The largest absolute Gasteiger partial charge is 0.463 e. The minimum atomic E-state index is -4.69. The van der Waals surface area contributed by atoms with Crippen LogP contribution in [0.4, 0.5) is 19.0 Å². The van der Waals surface area contributed by atoms with Crippen LogP contribution in [0, 0.1) is 0 Å². The number of aromatic amines is 1. The maximum absolute atomic E-state index is 13.7. The normalized spacial score (nSPS) is 14.8. The van der Waals surface area contributed by atoms with Gasteiger partial charge >= 0.3 is 6.18 Å². The molecule has 0 aliphatic carbocycles. The van der Waals surface area contributed by atoms with Crippen molar-refractivity contribution in [2.45, 2.75) is 6.18 Å². The highest BCUT2D eigenvalue weighted by molar-refractivity contribution is 5.93. The van der Waals surface area contributed by atoms with Gasteiger partial charge in [-0.25, -0.2) is 14.5 Å². The molecule has 0 spiro atoms. The Kier molecular flexibility index (Phi) is 4.80. The molecule has 1 aliphatic rings. The van der Waals surface area contributed by atoms with Crippen molar-refractivity contribution in [1.82, 2.24) is 19.5 Å². The Morgan fingerprint density at radius 2 is 1.88 bits per heavy atom. The molecule has 4 aromatic heterocycles. The second-order valence-electron chi connectivity index (χ2n) is 7.33. The highest BCUT2D eigenvalue weighted by atomic mass is 19.4. The molecular weight excluding hydrogens is 425 g/mol. The van der Waals surface area contributed by atoms with E-state index in [1.807, 2.05) is 24.4 Å². The van der Waals surface area contributed by atoms with Crippen LogP contribution in [0.3, 0.4) is 0 Å². The van der Waals surface area contributed by atoms with E-state index in [0.717, 1.165) is 11.9 Å². The molecule has 0 saturated carbocycles. The summed E-state index contributed by atoms with van der Waals surface area (Å²) in [5, 5.41) is 3.95. The number of carbonyl (C=O) groups is 1. The van der Waals surface area contributed by atoms with E-state index in [2.05, 4.69) is 20.0 Å². The number of hydrogen-bond acceptors (Lipinski definition) is 5. The van der Waals surface area contributed by atoms with E-state index in [1.54, 1.807) is 11.0 Å². The lowest BCUT2D eigenvalue weighted by Gasteiger charge is -2.30. The van der Waals surface area contributed by atoms with Crippen LogP contribution in [0.2, 0.25) is 0 Å². The van der Waals surface area contributed by atoms with Gasteiger partial charge in [0.15, 0.2) is 22.8 Å². The van der Waals surface area contributed by atoms with Gasteiger partial charge in [0.25, 0.3) is 11.7 Å². The predicted octanol–water partition coefficient (Wildman–Crippen LogP) is 2.78. The standard InChI is InChI=1S/C21H17F3N6O2/c22-21(23,24)17-12-14(16-4-3-11-32-16)26-19-13-15(27-30(17)19)20(31)29-9-7-28(8-10-29)18-5-1-2-6-25-18/h1-6,11-13H,7-10H2/p+1. The zero-order valence-corrected chi connectivity index (χ0v) is 16.7. The molecule has 1 aliphatic heterocycles. The van der Waals surface area contributed by atoms with Gasteiger partial charge in [0.05, 0.1) is 25.5 Å². The summed E-state index contributed by atoms with van der Waals surface area (Å²) in [7, 11) is 0. The first kappa shape index (κ1) is 20.0. The molecule has 164 valence electrons. The number of halogens is 3. The summed E-state index contributed by atoms with van der Waals surface area (Å²) < 4.78 is 46.9. The number of rotatable bonds is 3. The van der Waals surface area contributed by atoms with Crippen LogP contribution >= 0.6 is 0 Å². The third kappa shape index (κ3) is 3.66. The summed E-state index contributed by atoms with van der Waals surface area (Å²) in [6.45, 7) is 2.03. The second-order valence-corrected chi connectivity index (χ2v) is 7.33. The van der Waals surface area contributed by atoms with E-state index in [4.69, 9.17) is 4.42 Å². The van der Waals surface area contributed by atoms with Crippen molar-refractivity contribution < 1.29 is 27.4 Å². The fraction of sp³-hybridized carbons (Fsp3) is 0.238. The molecule has 0 atom stereocenters. The number of H-pyrrole nitrogens is 1. The van der Waals surface area contributed by atoms with Crippen LogP contribution in [-0.2, 0) is 6.18 Å². The number of anilines is 1. The number of piperazine rings is 1. The van der Waals surface area contributed by atoms with Crippen LogP contribution in [0.5, 0.6) is 0 Å². The summed E-state index contributed by atoms with van der Waals surface area (Å²) in [5.41, 5.74) is -1.18. The maximum Gasteiger partial charge on any atom is 0.433 e. The van der Waals surface area contributed by atoms with Crippen LogP contribution in [0.1, 0.15) is 16.2 Å². The number of nitrogens with zero attached hydrogens (tertiary/aromatic N) is 5. The number of furan rings is 1. The highest BCUT2D eigenvalue weighted by Gasteiger charge is 2.36. The van der Waals surface area contributed by atoms with Gasteiger partial charge in [-0.3, -0.25) is 9.69 Å². The number of amides is 1. The van der Waals surface area contributed by atoms with Gasteiger partial charge in [0.1, 0.15) is 18.8 Å². The Balaban J connectivity index is 1.43. The van der Waals surface area contributed by atoms with Crippen LogP contribution in [0.15, 0.2) is 59.3 Å². The van der Waals surface area contributed by atoms with Crippen molar-refractivity contribution in [3.63, 3.8) is 0 Å². The molecule has 11 heteroatoms. The van der Waals surface area contributed by atoms with Crippen molar-refractivity contribution in [1.29, 1.82) is 0 Å². The van der Waals surface area contributed by atoms with Gasteiger partial charge in [0, 0.05) is 12.1 Å². The first-order valence-corrected chi connectivity index (χ1v) is 9.93. The Morgan fingerprint density at radius 1 is 1.06 bits per heavy atom. The summed E-state index contributed by atoms with van der Waals surface area (Å²) in [5.74, 6) is 0.706. The topological polar surface area (TPSA) is 81.0 Å². The van der Waals surface area contributed by atoms with Crippen molar-refractivity contribution in [3.05, 3.63) is 66.3 Å². The van der Waals surface area contributed by atoms with Crippen molar-refractivity contribution in [2.24, 2.45) is 0 Å². The lowest BCUT2D eigenvalue weighted by Crippen LogP contribution is -2.50. The zero-order chi connectivity index (χ0) is 22.3. The van der Waals surface area contributed by atoms with Crippen LogP contribution in [-0.4, -0.2) is 51.6 Å². The minimum Gasteiger partial charge on any atom is -0.463 e. The molecule has 0 bridgehead atoms. The molecule has 1 amide bonds. The van der Waals surface area contributed by atoms with Gasteiger partial charge in [0.2, 0.25) is 0 Å². The molecule has 1 saturated heterocycles. The van der Waals surface area contributed by atoms with Crippen LogP contribution in [0.25, 0.3) is 17.1 Å². The molecule has 0 radical (unpaired) electrons. The van der Waals surface area contributed by atoms with Crippen LogP contribution < -0.4 is 9.88 Å². The second kappa shape index (κ2) is 7.66. The van der Waals surface area contributed by atoms with E-state index in [9.17, 15) is 18.0 Å². The average molecular weight is 443 g/mol. The number of hydrogen-bond donors (Lipinski definition) is 0. The molecule has 4 aromatic rings. The molecule has 5 heterocycles. The fourth-order valence-electron chi connectivity index (χ4n) is 3.72. The molecule has 8 nitrogen and oxygen atoms in total. The molecule has 1 fully saturated rings. The number of fused-ring (bicyclic) bond motifs is 1. The predicted molar refractivity (Wildman–Crippen MR) is 107 cm³/mol. The van der Waals surface area contributed by atoms with E-state index in [0.29, 0.717) is 30.7 Å². The molecule has 32 heavy (non-hydrogen) atoms. The number of carbonyl (C=O) groups excluding carboxylic acids is 1. The lowest BCUT2D eigenvalue weighted by atomic mass is 10.2. The SMILES string of the molecule is O=C(c1cc2nc(-c3ccco3)cc(C(F)(F)F)n2n1)N1CCN(c2cccc[nH+]2)CC1. The third-order valence-electron chi connectivity index (χ3n) is 5.31. The van der Waals surface area contributed by atoms with E-state index in [-0.39, 0.29) is 22.8 Å². The molecule has 0 unspecified atom stereocenters. The monoisotopic (exact) mass is 443 g/mol. The maximum atomic E-state index is 13.7. The number of nitrogens with one attached hydrogen (secondary N) is 1. The van der Waals surface area contributed by atoms with Gasteiger partial charge in [-0.15, -0.1) is 0 Å². The van der Waals surface area contributed by atoms with Gasteiger partial charge < -0.3 is 9.32 Å². The minimum absolute atomic E-state index is 0.0152. The molecule has 5 rings (SSSR count). The quantitative estimate of drug-likeness (QED) is 0.487. The van der Waals surface area contributed by atoms with Gasteiger partial charge in [-0.1, -0.05) is 6.07 Å². The first-order valence-electron chi connectivity index (χ1n) is 9.93. The highest BCUT2D eigenvalue weighted by Crippen LogP contribution is 2.32.